The van der Waals surface area contributed by atoms with Gasteiger partial charge in [-0.15, -0.1) is 0 Å². The Kier molecular flexibility index (Phi) is 7.05. The number of nitrogens with one attached hydrogen (secondary N) is 1. The predicted octanol–water partition coefficient (Wildman–Crippen LogP) is 5.47. The molecule has 1 aliphatic carbocycles. The van der Waals surface area contributed by atoms with Crippen LogP contribution in [0, 0.1) is 5.92 Å². The SMILES string of the molecule is CCCNC(C)c1ccc(OCC2CCCCC2)c(Br)c1. The van der Waals surface area contributed by atoms with Crippen molar-refractivity contribution >= 4 is 15.9 Å². The summed E-state index contributed by atoms with van der Waals surface area (Å²) in [6, 6.07) is 6.85. The molecule has 0 radical (unpaired) electrons. The van der Waals surface area contributed by atoms with E-state index in [0.29, 0.717) is 6.04 Å². The number of hydrogen-bond donors (Lipinski definition) is 1. The molecule has 0 aromatic heterocycles. The van der Waals surface area contributed by atoms with Gasteiger partial charge in [0, 0.05) is 6.04 Å². The Morgan fingerprint density at radius 2 is 2.05 bits per heavy atom. The van der Waals surface area contributed by atoms with E-state index in [1.807, 2.05) is 0 Å². The molecular weight excluding hydrogens is 326 g/mol. The maximum atomic E-state index is 6.02. The molecule has 0 spiro atoms. The standard InChI is InChI=1S/C18H28BrNO/c1-3-11-20-14(2)16-9-10-18(17(19)12-16)21-13-15-7-5-4-6-8-15/h9-10,12,14-15,20H,3-8,11,13H2,1-2H3. The summed E-state index contributed by atoms with van der Waals surface area (Å²) >= 11 is 3.66. The Morgan fingerprint density at radius 1 is 1.29 bits per heavy atom. The third-order valence-electron chi connectivity index (χ3n) is 4.36. The molecule has 0 saturated heterocycles. The van der Waals surface area contributed by atoms with E-state index >= 15 is 0 Å². The topological polar surface area (TPSA) is 21.3 Å². The van der Waals surface area contributed by atoms with Gasteiger partial charge in [-0.1, -0.05) is 32.3 Å². The van der Waals surface area contributed by atoms with Crippen LogP contribution in [0.3, 0.4) is 0 Å². The van der Waals surface area contributed by atoms with E-state index in [1.54, 1.807) is 0 Å². The molecule has 1 atom stereocenters. The average molecular weight is 354 g/mol. The molecule has 2 rings (SSSR count). The first kappa shape index (κ1) is 16.8. The van der Waals surface area contributed by atoms with E-state index in [1.165, 1.54) is 37.7 Å². The van der Waals surface area contributed by atoms with Crippen LogP contribution < -0.4 is 10.1 Å². The zero-order valence-electron chi connectivity index (χ0n) is 13.3. The van der Waals surface area contributed by atoms with Gasteiger partial charge in [0.25, 0.3) is 0 Å². The summed E-state index contributed by atoms with van der Waals surface area (Å²) in [7, 11) is 0. The predicted molar refractivity (Wildman–Crippen MR) is 92.9 cm³/mol. The Bertz CT molecular complexity index is 429. The van der Waals surface area contributed by atoms with E-state index in [2.05, 4.69) is 53.3 Å². The molecule has 118 valence electrons. The molecule has 2 nitrogen and oxygen atoms in total. The van der Waals surface area contributed by atoms with Crippen molar-refractivity contribution in [1.82, 2.24) is 5.32 Å². The third-order valence-corrected chi connectivity index (χ3v) is 4.98. The van der Waals surface area contributed by atoms with Crippen molar-refractivity contribution < 1.29 is 4.74 Å². The van der Waals surface area contributed by atoms with Crippen LogP contribution in [0.5, 0.6) is 5.75 Å². The lowest BCUT2D eigenvalue weighted by Crippen LogP contribution is -2.19. The number of ether oxygens (including phenoxy) is 1. The van der Waals surface area contributed by atoms with Gasteiger partial charge in [0.05, 0.1) is 11.1 Å². The highest BCUT2D eigenvalue weighted by Crippen LogP contribution is 2.30. The molecule has 1 unspecified atom stereocenters. The highest BCUT2D eigenvalue weighted by Gasteiger charge is 2.15. The minimum atomic E-state index is 0.383. The quantitative estimate of drug-likeness (QED) is 0.701. The van der Waals surface area contributed by atoms with Crippen molar-refractivity contribution in [1.29, 1.82) is 0 Å². The van der Waals surface area contributed by atoms with Gasteiger partial charge in [-0.3, -0.25) is 0 Å². The number of rotatable bonds is 7. The first-order valence-electron chi connectivity index (χ1n) is 8.36. The lowest BCUT2D eigenvalue weighted by molar-refractivity contribution is 0.208. The van der Waals surface area contributed by atoms with Crippen LogP contribution in [0.4, 0.5) is 0 Å². The summed E-state index contributed by atoms with van der Waals surface area (Å²) in [5.74, 6) is 1.72. The van der Waals surface area contributed by atoms with Gasteiger partial charge in [0.2, 0.25) is 0 Å². The van der Waals surface area contributed by atoms with Crippen LogP contribution in [-0.2, 0) is 0 Å². The third kappa shape index (κ3) is 5.30. The van der Waals surface area contributed by atoms with Crippen LogP contribution in [0.15, 0.2) is 22.7 Å². The summed E-state index contributed by atoms with van der Waals surface area (Å²) in [4.78, 5) is 0. The zero-order chi connectivity index (χ0) is 15.1. The first-order valence-corrected chi connectivity index (χ1v) is 9.15. The lowest BCUT2D eigenvalue weighted by atomic mass is 9.90. The second-order valence-electron chi connectivity index (χ2n) is 6.18. The zero-order valence-corrected chi connectivity index (χ0v) is 14.9. The van der Waals surface area contributed by atoms with Crippen molar-refractivity contribution in [3.05, 3.63) is 28.2 Å². The summed E-state index contributed by atoms with van der Waals surface area (Å²) in [6.45, 7) is 6.32. The number of benzene rings is 1. The Balaban J connectivity index is 1.89. The Hall–Kier alpha value is -0.540. The summed E-state index contributed by atoms with van der Waals surface area (Å²) < 4.78 is 7.10. The van der Waals surface area contributed by atoms with Crippen molar-refractivity contribution in [2.75, 3.05) is 13.2 Å². The van der Waals surface area contributed by atoms with Crippen molar-refractivity contribution in [3.8, 4) is 5.75 Å². The Labute approximate surface area is 137 Å². The average Bonchev–Trinajstić information content (AvgIpc) is 2.52. The molecule has 1 aromatic carbocycles. The van der Waals surface area contributed by atoms with Crippen molar-refractivity contribution in [2.45, 2.75) is 58.4 Å². The normalized spacial score (nSPS) is 17.7. The van der Waals surface area contributed by atoms with Crippen molar-refractivity contribution in [2.24, 2.45) is 5.92 Å². The maximum Gasteiger partial charge on any atom is 0.133 e. The minimum Gasteiger partial charge on any atom is -0.492 e. The molecule has 3 heteroatoms. The van der Waals surface area contributed by atoms with E-state index in [4.69, 9.17) is 4.74 Å². The van der Waals surface area contributed by atoms with Gasteiger partial charge >= 0.3 is 0 Å². The molecule has 1 aromatic rings. The van der Waals surface area contributed by atoms with E-state index in [0.717, 1.165) is 35.7 Å². The molecule has 0 amide bonds. The monoisotopic (exact) mass is 353 g/mol. The number of hydrogen-bond acceptors (Lipinski definition) is 2. The molecule has 1 saturated carbocycles. The van der Waals surface area contributed by atoms with Crippen LogP contribution in [-0.4, -0.2) is 13.2 Å². The van der Waals surface area contributed by atoms with Crippen LogP contribution in [0.25, 0.3) is 0 Å². The Morgan fingerprint density at radius 3 is 2.71 bits per heavy atom. The highest BCUT2D eigenvalue weighted by atomic mass is 79.9. The summed E-state index contributed by atoms with van der Waals surface area (Å²) in [6.07, 6.45) is 7.95. The molecule has 0 aliphatic heterocycles. The van der Waals surface area contributed by atoms with Gasteiger partial charge in [-0.25, -0.2) is 0 Å². The molecule has 0 heterocycles. The molecule has 21 heavy (non-hydrogen) atoms. The fourth-order valence-corrected chi connectivity index (χ4v) is 3.45. The summed E-state index contributed by atoms with van der Waals surface area (Å²) in [5, 5.41) is 3.52. The van der Waals surface area contributed by atoms with Gasteiger partial charge in [0.15, 0.2) is 0 Å². The van der Waals surface area contributed by atoms with Gasteiger partial charge in [-0.2, -0.15) is 0 Å². The fourth-order valence-electron chi connectivity index (χ4n) is 2.94. The van der Waals surface area contributed by atoms with Gasteiger partial charge in [0.1, 0.15) is 5.75 Å². The fraction of sp³-hybridized carbons (Fsp3) is 0.667. The lowest BCUT2D eigenvalue weighted by Gasteiger charge is -2.22. The minimum absolute atomic E-state index is 0.383. The largest absolute Gasteiger partial charge is 0.492 e. The first-order chi connectivity index (χ1) is 10.2. The van der Waals surface area contributed by atoms with E-state index < -0.39 is 0 Å². The second kappa shape index (κ2) is 8.79. The molecule has 1 aliphatic rings. The van der Waals surface area contributed by atoms with E-state index in [-0.39, 0.29) is 0 Å². The molecular formula is C18H28BrNO. The molecule has 0 bridgehead atoms. The maximum absolute atomic E-state index is 6.02. The highest BCUT2D eigenvalue weighted by molar-refractivity contribution is 9.10. The van der Waals surface area contributed by atoms with Crippen LogP contribution >= 0.6 is 15.9 Å². The number of halogens is 1. The van der Waals surface area contributed by atoms with Crippen LogP contribution in [0.2, 0.25) is 0 Å². The van der Waals surface area contributed by atoms with Crippen LogP contribution in [0.1, 0.15) is 64.0 Å². The van der Waals surface area contributed by atoms with E-state index in [9.17, 15) is 0 Å². The summed E-state index contributed by atoms with van der Waals surface area (Å²) in [5.41, 5.74) is 1.31. The molecule has 1 N–H and O–H groups in total. The molecule has 1 fully saturated rings. The second-order valence-corrected chi connectivity index (χ2v) is 7.04. The van der Waals surface area contributed by atoms with Crippen molar-refractivity contribution in [3.63, 3.8) is 0 Å². The smallest absolute Gasteiger partial charge is 0.133 e. The van der Waals surface area contributed by atoms with Gasteiger partial charge < -0.3 is 10.1 Å². The van der Waals surface area contributed by atoms with Gasteiger partial charge in [-0.05, 0) is 72.3 Å².